The average molecular weight is 256 g/mol. The molecule has 0 spiro atoms. The van der Waals surface area contributed by atoms with E-state index in [1.165, 1.54) is 0 Å². The lowest BCUT2D eigenvalue weighted by molar-refractivity contribution is -0.486. The Labute approximate surface area is 109 Å². The molecule has 0 amide bonds. The number of hydrogen-bond donors (Lipinski definition) is 1. The fourth-order valence-corrected chi connectivity index (χ4v) is 3.12. The molecule has 2 N–H and O–H groups in total. The van der Waals surface area contributed by atoms with Crippen LogP contribution in [0, 0.1) is 11.3 Å². The summed E-state index contributed by atoms with van der Waals surface area (Å²) >= 11 is 0. The Hall–Kier alpha value is -0.200. The van der Waals surface area contributed by atoms with Crippen LogP contribution in [0.1, 0.15) is 19.8 Å². The Morgan fingerprint density at radius 1 is 1.11 bits per heavy atom. The SMILES string of the molecule is CC12COC(C3CCN(CCN)CC3)(OC1)OC2. The monoisotopic (exact) mass is 256 g/mol. The van der Waals surface area contributed by atoms with Gasteiger partial charge in [-0.05, 0) is 25.9 Å². The summed E-state index contributed by atoms with van der Waals surface area (Å²) in [6.07, 6.45) is 2.13. The highest BCUT2D eigenvalue weighted by Gasteiger charge is 2.54. The molecule has 5 heteroatoms. The molecule has 0 aliphatic carbocycles. The van der Waals surface area contributed by atoms with Gasteiger partial charge in [0.2, 0.25) is 0 Å². The van der Waals surface area contributed by atoms with E-state index in [-0.39, 0.29) is 5.41 Å². The van der Waals surface area contributed by atoms with Crippen LogP contribution < -0.4 is 5.73 Å². The number of nitrogens with two attached hydrogens (primary N) is 1. The van der Waals surface area contributed by atoms with Gasteiger partial charge in [-0.25, -0.2) is 0 Å². The number of fused-ring (bicyclic) bond motifs is 3. The number of rotatable bonds is 3. The van der Waals surface area contributed by atoms with Crippen molar-refractivity contribution in [1.29, 1.82) is 0 Å². The third kappa shape index (κ3) is 2.18. The zero-order chi connectivity index (χ0) is 12.6. The molecule has 18 heavy (non-hydrogen) atoms. The third-order valence-corrected chi connectivity index (χ3v) is 4.40. The van der Waals surface area contributed by atoms with Crippen LogP contribution in [-0.2, 0) is 14.2 Å². The van der Waals surface area contributed by atoms with E-state index in [0.29, 0.717) is 5.92 Å². The molecular formula is C13H24N2O3. The molecule has 0 atom stereocenters. The minimum absolute atomic E-state index is 0.0575. The smallest absolute Gasteiger partial charge is 0.286 e. The van der Waals surface area contributed by atoms with E-state index >= 15 is 0 Å². The van der Waals surface area contributed by atoms with Crippen molar-refractivity contribution in [2.45, 2.75) is 25.7 Å². The maximum atomic E-state index is 5.91. The first-order valence-electron chi connectivity index (χ1n) is 7.00. The maximum Gasteiger partial charge on any atom is 0.286 e. The van der Waals surface area contributed by atoms with Crippen LogP contribution in [0.4, 0.5) is 0 Å². The highest BCUT2D eigenvalue weighted by atomic mass is 16.9. The molecule has 4 heterocycles. The van der Waals surface area contributed by atoms with Crippen molar-refractivity contribution in [1.82, 2.24) is 4.90 Å². The predicted octanol–water partition coefficient (Wildman–Crippen LogP) is 0.394. The minimum Gasteiger partial charge on any atom is -0.329 e. The zero-order valence-corrected chi connectivity index (χ0v) is 11.2. The van der Waals surface area contributed by atoms with Crippen LogP contribution in [0.2, 0.25) is 0 Å². The van der Waals surface area contributed by atoms with Gasteiger partial charge in [0.15, 0.2) is 0 Å². The molecule has 0 aromatic heterocycles. The van der Waals surface area contributed by atoms with Crippen molar-refractivity contribution < 1.29 is 14.2 Å². The molecule has 4 saturated heterocycles. The number of piperidine rings is 1. The molecule has 0 unspecified atom stereocenters. The van der Waals surface area contributed by atoms with Crippen molar-refractivity contribution in [2.24, 2.45) is 17.1 Å². The summed E-state index contributed by atoms with van der Waals surface area (Å²) < 4.78 is 17.7. The third-order valence-electron chi connectivity index (χ3n) is 4.40. The van der Waals surface area contributed by atoms with Gasteiger partial charge >= 0.3 is 0 Å². The lowest BCUT2D eigenvalue weighted by Gasteiger charge is -2.54. The number of likely N-dealkylation sites (tertiary alicyclic amines) is 1. The Bertz CT molecular complexity index is 278. The number of nitrogens with zero attached hydrogens (tertiary/aromatic N) is 1. The van der Waals surface area contributed by atoms with E-state index in [2.05, 4.69) is 11.8 Å². The molecule has 104 valence electrons. The van der Waals surface area contributed by atoms with Gasteiger partial charge in [0.05, 0.1) is 19.8 Å². The summed E-state index contributed by atoms with van der Waals surface area (Å²) in [4.78, 5) is 2.41. The summed E-state index contributed by atoms with van der Waals surface area (Å²) in [5, 5.41) is 0. The van der Waals surface area contributed by atoms with Gasteiger partial charge in [0, 0.05) is 24.4 Å². The molecule has 0 saturated carbocycles. The van der Waals surface area contributed by atoms with E-state index in [1.807, 2.05) is 0 Å². The van der Waals surface area contributed by atoms with Crippen LogP contribution in [0.5, 0.6) is 0 Å². The standard InChI is InChI=1S/C13H24N2O3/c1-12-8-16-13(17-9-12,18-10-12)11-2-5-15(6-3-11)7-4-14/h11H,2-10,14H2,1H3. The van der Waals surface area contributed by atoms with Crippen LogP contribution in [0.25, 0.3) is 0 Å². The maximum absolute atomic E-state index is 5.91. The summed E-state index contributed by atoms with van der Waals surface area (Å²) in [6.45, 7) is 8.29. The fraction of sp³-hybridized carbons (Fsp3) is 1.00. The lowest BCUT2D eigenvalue weighted by atomic mass is 9.87. The molecule has 0 aromatic rings. The van der Waals surface area contributed by atoms with Gasteiger partial charge in [-0.3, -0.25) is 0 Å². The topological polar surface area (TPSA) is 57.0 Å². The summed E-state index contributed by atoms with van der Waals surface area (Å²) in [7, 11) is 0. The summed E-state index contributed by atoms with van der Waals surface area (Å²) in [5.41, 5.74) is 5.65. The first-order chi connectivity index (χ1) is 8.66. The van der Waals surface area contributed by atoms with E-state index in [4.69, 9.17) is 19.9 Å². The largest absolute Gasteiger partial charge is 0.329 e. The predicted molar refractivity (Wildman–Crippen MR) is 66.9 cm³/mol. The van der Waals surface area contributed by atoms with Crippen molar-refractivity contribution in [3.8, 4) is 0 Å². The zero-order valence-electron chi connectivity index (χ0n) is 11.2. The molecule has 0 radical (unpaired) electrons. The van der Waals surface area contributed by atoms with Crippen LogP contribution in [0.15, 0.2) is 0 Å². The van der Waals surface area contributed by atoms with Gasteiger partial charge < -0.3 is 24.8 Å². The van der Waals surface area contributed by atoms with Gasteiger partial charge in [-0.15, -0.1) is 0 Å². The Kier molecular flexibility index (Phi) is 3.36. The normalized spacial score (nSPS) is 42.3. The highest BCUT2D eigenvalue weighted by molar-refractivity contribution is 4.89. The van der Waals surface area contributed by atoms with E-state index in [0.717, 1.165) is 58.8 Å². The van der Waals surface area contributed by atoms with Crippen LogP contribution >= 0.6 is 0 Å². The van der Waals surface area contributed by atoms with Gasteiger partial charge in [-0.2, -0.15) is 0 Å². The first kappa shape index (κ1) is 12.8. The Balaban J connectivity index is 1.59. The molecule has 4 rings (SSSR count). The van der Waals surface area contributed by atoms with Crippen LogP contribution in [-0.4, -0.2) is 56.9 Å². The second kappa shape index (κ2) is 4.72. The van der Waals surface area contributed by atoms with Crippen LogP contribution in [0.3, 0.4) is 0 Å². The second-order valence-electron chi connectivity index (χ2n) is 6.18. The average Bonchev–Trinajstić information content (AvgIpc) is 2.41. The van der Waals surface area contributed by atoms with E-state index < -0.39 is 5.97 Å². The quantitative estimate of drug-likeness (QED) is 0.792. The molecule has 4 fully saturated rings. The summed E-state index contributed by atoms with van der Waals surface area (Å²) in [5.74, 6) is -0.386. The van der Waals surface area contributed by atoms with Crippen molar-refractivity contribution in [3.63, 3.8) is 0 Å². The Morgan fingerprint density at radius 3 is 2.17 bits per heavy atom. The van der Waals surface area contributed by atoms with Gasteiger partial charge in [0.25, 0.3) is 5.97 Å². The van der Waals surface area contributed by atoms with Gasteiger partial charge in [0.1, 0.15) is 0 Å². The number of hydrogen-bond acceptors (Lipinski definition) is 5. The fourth-order valence-electron chi connectivity index (χ4n) is 3.12. The lowest BCUT2D eigenvalue weighted by Crippen LogP contribution is -2.63. The van der Waals surface area contributed by atoms with Gasteiger partial charge in [-0.1, -0.05) is 6.92 Å². The van der Waals surface area contributed by atoms with Crippen molar-refractivity contribution in [3.05, 3.63) is 0 Å². The minimum atomic E-state index is -0.743. The molecule has 5 nitrogen and oxygen atoms in total. The molecule has 0 aromatic carbocycles. The number of ether oxygens (including phenoxy) is 3. The highest BCUT2D eigenvalue weighted by Crippen LogP contribution is 2.44. The van der Waals surface area contributed by atoms with E-state index in [9.17, 15) is 0 Å². The molecular weight excluding hydrogens is 232 g/mol. The van der Waals surface area contributed by atoms with Crippen molar-refractivity contribution >= 4 is 0 Å². The van der Waals surface area contributed by atoms with E-state index in [1.54, 1.807) is 0 Å². The molecule has 2 bridgehead atoms. The Morgan fingerprint density at radius 2 is 1.67 bits per heavy atom. The summed E-state index contributed by atoms with van der Waals surface area (Å²) in [6, 6.07) is 0. The van der Waals surface area contributed by atoms with Crippen molar-refractivity contribution in [2.75, 3.05) is 46.0 Å². The first-order valence-corrected chi connectivity index (χ1v) is 7.00. The second-order valence-corrected chi connectivity index (χ2v) is 6.18. The molecule has 4 aliphatic heterocycles. The molecule has 4 aliphatic rings.